The second kappa shape index (κ2) is 4.01. The molecule has 0 saturated carbocycles. The van der Waals surface area contributed by atoms with Crippen molar-refractivity contribution >= 4 is 32.6 Å². The van der Waals surface area contributed by atoms with E-state index in [0.717, 1.165) is 5.52 Å². The minimum atomic E-state index is 1.08. The highest BCUT2D eigenvalue weighted by Crippen LogP contribution is 2.33. The lowest BCUT2D eigenvalue weighted by Gasteiger charge is -2.09. The van der Waals surface area contributed by atoms with Crippen LogP contribution in [0.3, 0.4) is 0 Å². The second-order valence-electron chi connectivity index (χ2n) is 5.28. The first-order valence-electron chi connectivity index (χ1n) is 6.82. The van der Waals surface area contributed by atoms with Crippen LogP contribution in [-0.2, 0) is 7.05 Å². The molecule has 4 aromatic rings. The predicted molar refractivity (Wildman–Crippen MR) is 82.7 cm³/mol. The number of fused-ring (bicyclic) bond motifs is 6. The van der Waals surface area contributed by atoms with Crippen molar-refractivity contribution in [2.24, 2.45) is 7.05 Å². The molecule has 0 N–H and O–H groups in total. The summed E-state index contributed by atoms with van der Waals surface area (Å²) in [6, 6.07) is 15.0. The van der Waals surface area contributed by atoms with Gasteiger partial charge in [-0.15, -0.1) is 0 Å². The van der Waals surface area contributed by atoms with E-state index in [2.05, 4.69) is 66.0 Å². The Labute approximate surface area is 117 Å². The molecule has 2 heteroatoms. The summed E-state index contributed by atoms with van der Waals surface area (Å²) >= 11 is 0. The average Bonchev–Trinajstić information content (AvgIpc) is 2.48. The molecule has 1 aromatic heterocycles. The van der Waals surface area contributed by atoms with Gasteiger partial charge in [0.25, 0.3) is 0 Å². The van der Waals surface area contributed by atoms with E-state index in [4.69, 9.17) is 0 Å². The first kappa shape index (κ1) is 11.4. The Morgan fingerprint density at radius 3 is 2.50 bits per heavy atom. The van der Waals surface area contributed by atoms with E-state index < -0.39 is 0 Å². The molecule has 0 radical (unpaired) electrons. The van der Waals surface area contributed by atoms with Crippen LogP contribution in [0.2, 0.25) is 0 Å². The molecule has 20 heavy (non-hydrogen) atoms. The monoisotopic (exact) mass is 259 g/mol. The lowest BCUT2D eigenvalue weighted by atomic mass is 9.96. The minimum absolute atomic E-state index is 1.08. The first-order chi connectivity index (χ1) is 9.77. The molecule has 0 unspecified atom stereocenters. The molecule has 4 rings (SSSR count). The second-order valence-corrected chi connectivity index (χ2v) is 5.28. The van der Waals surface area contributed by atoms with Crippen molar-refractivity contribution in [2.45, 2.75) is 6.92 Å². The van der Waals surface area contributed by atoms with E-state index in [1.165, 1.54) is 32.6 Å². The quantitative estimate of drug-likeness (QED) is 0.348. The molecule has 0 fully saturated rings. The third-order valence-corrected chi connectivity index (χ3v) is 4.05. The molecule has 0 bridgehead atoms. The predicted octanol–water partition coefficient (Wildman–Crippen LogP) is 3.67. The maximum Gasteiger partial charge on any atom is 0.239 e. The molecule has 0 aliphatic heterocycles. The topological polar surface area (TPSA) is 16.8 Å². The van der Waals surface area contributed by atoms with E-state index in [1.54, 1.807) is 0 Å². The third-order valence-electron chi connectivity index (χ3n) is 4.05. The van der Waals surface area contributed by atoms with Crippen LogP contribution in [-0.4, -0.2) is 4.98 Å². The zero-order valence-corrected chi connectivity index (χ0v) is 11.6. The van der Waals surface area contributed by atoms with Gasteiger partial charge in [0.1, 0.15) is 12.6 Å². The molecule has 0 amide bonds. The standard InChI is InChI=1S/C18H15N2/c1-12-6-5-9-14-13-7-3-4-8-15(13)17-18(16(12)14)20(2)11-10-19-17/h3-11H,1-2H3/q+1. The van der Waals surface area contributed by atoms with Crippen molar-refractivity contribution < 1.29 is 4.57 Å². The summed E-state index contributed by atoms with van der Waals surface area (Å²) in [6.07, 6.45) is 3.89. The number of hydrogen-bond acceptors (Lipinski definition) is 1. The van der Waals surface area contributed by atoms with Crippen LogP contribution in [0.4, 0.5) is 0 Å². The van der Waals surface area contributed by atoms with Gasteiger partial charge >= 0.3 is 0 Å². The maximum atomic E-state index is 4.64. The van der Waals surface area contributed by atoms with Gasteiger partial charge in [-0.3, -0.25) is 0 Å². The summed E-state index contributed by atoms with van der Waals surface area (Å²) in [6.45, 7) is 2.17. The minimum Gasteiger partial charge on any atom is -0.243 e. The highest BCUT2D eigenvalue weighted by molar-refractivity contribution is 6.22. The van der Waals surface area contributed by atoms with Gasteiger partial charge < -0.3 is 0 Å². The number of rotatable bonds is 0. The fraction of sp³-hybridized carbons (Fsp3) is 0.111. The molecule has 0 saturated heterocycles. The fourth-order valence-electron chi connectivity index (χ4n) is 3.13. The van der Waals surface area contributed by atoms with E-state index >= 15 is 0 Å². The molecular formula is C18H15N2+. The molecule has 0 spiro atoms. The van der Waals surface area contributed by atoms with Crippen LogP contribution in [0.1, 0.15) is 5.56 Å². The summed E-state index contributed by atoms with van der Waals surface area (Å²) in [5.74, 6) is 0. The lowest BCUT2D eigenvalue weighted by molar-refractivity contribution is -0.644. The third kappa shape index (κ3) is 1.39. The van der Waals surface area contributed by atoms with E-state index in [-0.39, 0.29) is 0 Å². The van der Waals surface area contributed by atoms with Crippen LogP contribution >= 0.6 is 0 Å². The zero-order valence-electron chi connectivity index (χ0n) is 11.6. The van der Waals surface area contributed by atoms with Crippen LogP contribution < -0.4 is 4.57 Å². The van der Waals surface area contributed by atoms with Crippen molar-refractivity contribution in [3.8, 4) is 0 Å². The smallest absolute Gasteiger partial charge is 0.239 e. The fourth-order valence-corrected chi connectivity index (χ4v) is 3.13. The van der Waals surface area contributed by atoms with Crippen molar-refractivity contribution in [1.82, 2.24) is 4.98 Å². The van der Waals surface area contributed by atoms with Gasteiger partial charge in [-0.05, 0) is 23.3 Å². The Morgan fingerprint density at radius 2 is 1.65 bits per heavy atom. The van der Waals surface area contributed by atoms with Gasteiger partial charge in [0.15, 0.2) is 6.20 Å². The Kier molecular flexibility index (Phi) is 2.27. The summed E-state index contributed by atoms with van der Waals surface area (Å²) in [5, 5.41) is 5.10. The molecule has 96 valence electrons. The van der Waals surface area contributed by atoms with E-state index in [1.807, 2.05) is 12.4 Å². The van der Waals surface area contributed by atoms with Crippen molar-refractivity contribution in [3.63, 3.8) is 0 Å². The van der Waals surface area contributed by atoms with Crippen molar-refractivity contribution in [3.05, 3.63) is 60.4 Å². The maximum absolute atomic E-state index is 4.64. The molecule has 2 nitrogen and oxygen atoms in total. The summed E-state index contributed by atoms with van der Waals surface area (Å²) in [7, 11) is 2.09. The van der Waals surface area contributed by atoms with Gasteiger partial charge in [0.2, 0.25) is 5.52 Å². The van der Waals surface area contributed by atoms with Gasteiger partial charge in [0.05, 0.1) is 11.6 Å². The SMILES string of the molecule is Cc1cccc2c3ccccc3c3ncc[n+](C)c3c12. The van der Waals surface area contributed by atoms with Gasteiger partial charge in [-0.2, -0.15) is 4.57 Å². The van der Waals surface area contributed by atoms with Crippen molar-refractivity contribution in [2.75, 3.05) is 0 Å². The van der Waals surface area contributed by atoms with Gasteiger partial charge in [-0.25, -0.2) is 4.98 Å². The molecule has 0 aliphatic rings. The highest BCUT2D eigenvalue weighted by Gasteiger charge is 2.17. The Balaban J connectivity index is 2.49. The van der Waals surface area contributed by atoms with Crippen LogP contribution in [0.5, 0.6) is 0 Å². The Morgan fingerprint density at radius 1 is 0.900 bits per heavy atom. The van der Waals surface area contributed by atoms with E-state index in [0.29, 0.717) is 0 Å². The van der Waals surface area contributed by atoms with Crippen LogP contribution in [0, 0.1) is 6.92 Å². The largest absolute Gasteiger partial charge is 0.243 e. The molecule has 0 atom stereocenters. The molecule has 0 aliphatic carbocycles. The molecule has 3 aromatic carbocycles. The normalized spacial score (nSPS) is 11.5. The number of hydrogen-bond donors (Lipinski definition) is 0. The zero-order chi connectivity index (χ0) is 13.7. The summed E-state index contributed by atoms with van der Waals surface area (Å²) in [4.78, 5) is 4.64. The Hall–Kier alpha value is -2.48. The average molecular weight is 259 g/mol. The molecule has 1 heterocycles. The van der Waals surface area contributed by atoms with Crippen LogP contribution in [0.15, 0.2) is 54.9 Å². The van der Waals surface area contributed by atoms with Gasteiger partial charge in [0, 0.05) is 5.39 Å². The van der Waals surface area contributed by atoms with E-state index in [9.17, 15) is 0 Å². The number of aromatic nitrogens is 2. The first-order valence-corrected chi connectivity index (χ1v) is 6.82. The number of aryl methyl sites for hydroxylation is 2. The van der Waals surface area contributed by atoms with Crippen molar-refractivity contribution in [1.29, 1.82) is 0 Å². The highest BCUT2D eigenvalue weighted by atomic mass is 14.9. The summed E-state index contributed by atoms with van der Waals surface area (Å²) in [5.41, 5.74) is 3.58. The summed E-state index contributed by atoms with van der Waals surface area (Å²) < 4.78 is 2.17. The number of benzene rings is 3. The number of nitrogens with zero attached hydrogens (tertiary/aromatic N) is 2. The van der Waals surface area contributed by atoms with Crippen LogP contribution in [0.25, 0.3) is 32.6 Å². The Bertz CT molecular complexity index is 891. The van der Waals surface area contributed by atoms with Gasteiger partial charge in [-0.1, -0.05) is 42.5 Å². The lowest BCUT2D eigenvalue weighted by Crippen LogP contribution is -2.29. The molecular weight excluding hydrogens is 244 g/mol.